The lowest BCUT2D eigenvalue weighted by Crippen LogP contribution is -2.35. The second-order valence-electron chi connectivity index (χ2n) is 8.05. The maximum absolute atomic E-state index is 14.2. The Balaban J connectivity index is 1.68. The summed E-state index contributed by atoms with van der Waals surface area (Å²) in [7, 11) is 0. The Hall–Kier alpha value is -2.28. The summed E-state index contributed by atoms with van der Waals surface area (Å²) in [6.45, 7) is 2.46. The second-order valence-corrected chi connectivity index (χ2v) is 9.32. The van der Waals surface area contributed by atoms with Crippen molar-refractivity contribution in [3.63, 3.8) is 0 Å². The van der Waals surface area contributed by atoms with Gasteiger partial charge >= 0.3 is 0 Å². The predicted octanol–water partition coefficient (Wildman–Crippen LogP) is 5.97. The fraction of sp³-hybridized carbons (Fsp3) is 0.435. The first-order chi connectivity index (χ1) is 14.4. The van der Waals surface area contributed by atoms with Gasteiger partial charge in [0.1, 0.15) is 0 Å². The average Bonchev–Trinajstić information content (AvgIpc) is 3.12. The normalized spacial score (nSPS) is 21.4. The average molecular weight is 432 g/mol. The molecule has 2 unspecified atom stereocenters. The van der Waals surface area contributed by atoms with Crippen LogP contribution in [0.3, 0.4) is 0 Å². The number of rotatable bonds is 6. The number of benzene rings is 2. The second kappa shape index (κ2) is 8.46. The summed E-state index contributed by atoms with van der Waals surface area (Å²) >= 11 is 0.607. The molecule has 2 atom stereocenters. The molecule has 4 nitrogen and oxygen atoms in total. The lowest BCUT2D eigenvalue weighted by Gasteiger charge is -2.38. The minimum Gasteiger partial charge on any atom is -0.399 e. The van der Waals surface area contributed by atoms with Crippen molar-refractivity contribution in [2.24, 2.45) is 0 Å². The van der Waals surface area contributed by atoms with Crippen LogP contribution in [-0.2, 0) is 4.79 Å². The topological polar surface area (TPSA) is 58.4 Å². The summed E-state index contributed by atoms with van der Waals surface area (Å²) in [6, 6.07) is 13.1. The molecule has 0 aliphatic carbocycles. The van der Waals surface area contributed by atoms with E-state index in [1.807, 2.05) is 41.3 Å². The number of likely N-dealkylation sites (tertiary alicyclic amines) is 1. The van der Waals surface area contributed by atoms with E-state index in [0.717, 1.165) is 23.2 Å². The molecule has 2 aromatic carbocycles. The first kappa shape index (κ1) is 21.0. The molecule has 0 bridgehead atoms. The quantitative estimate of drug-likeness (QED) is 0.437. The van der Waals surface area contributed by atoms with Gasteiger partial charge in [-0.05, 0) is 60.7 Å². The molecule has 1 saturated heterocycles. The van der Waals surface area contributed by atoms with Gasteiger partial charge in [-0.25, -0.2) is 0 Å². The molecule has 30 heavy (non-hydrogen) atoms. The number of fused-ring (bicyclic) bond motifs is 1. The number of carbonyl (C=O) groups excluding carboxylic acids is 1. The molecule has 3 N–H and O–H groups in total. The molecule has 0 spiro atoms. The van der Waals surface area contributed by atoms with Crippen LogP contribution in [0.4, 0.5) is 20.2 Å². The molecule has 2 aromatic rings. The third-order valence-corrected chi connectivity index (χ3v) is 6.77. The zero-order valence-electron chi connectivity index (χ0n) is 17.0. The lowest BCUT2D eigenvalue weighted by atomic mass is 9.88. The Morgan fingerprint density at radius 1 is 1.27 bits per heavy atom. The summed E-state index contributed by atoms with van der Waals surface area (Å²) in [4.78, 5) is 15.0. The van der Waals surface area contributed by atoms with E-state index in [9.17, 15) is 13.6 Å². The number of nitrogens with zero attached hydrogens (tertiary/aromatic N) is 1. The van der Waals surface area contributed by atoms with Crippen molar-refractivity contribution in [2.75, 3.05) is 17.6 Å². The van der Waals surface area contributed by atoms with Gasteiger partial charge in [0.15, 0.2) is 0 Å². The summed E-state index contributed by atoms with van der Waals surface area (Å²) in [5, 5.41) is 0.736. The van der Waals surface area contributed by atoms with E-state index in [1.54, 1.807) is 13.0 Å². The minimum atomic E-state index is -2.80. The third kappa shape index (κ3) is 4.41. The predicted molar refractivity (Wildman–Crippen MR) is 118 cm³/mol. The number of amides is 1. The van der Waals surface area contributed by atoms with Gasteiger partial charge in [0.2, 0.25) is 5.91 Å². The van der Waals surface area contributed by atoms with E-state index in [2.05, 4.69) is 5.32 Å². The van der Waals surface area contributed by atoms with Gasteiger partial charge in [-0.15, -0.1) is 0 Å². The number of hydrogen-bond acceptors (Lipinski definition) is 4. The SMILES string of the molecule is CCCC(F)(F)Sc1ccc2c(c1)C(N1CCCC1=O)CC(c1cccc(N)c1)N2. The molecular formula is C23H27F2N3OS. The summed E-state index contributed by atoms with van der Waals surface area (Å²) < 4.78 is 28.4. The van der Waals surface area contributed by atoms with Crippen molar-refractivity contribution in [1.29, 1.82) is 0 Å². The van der Waals surface area contributed by atoms with Crippen LogP contribution in [0.5, 0.6) is 0 Å². The summed E-state index contributed by atoms with van der Waals surface area (Å²) in [5.41, 5.74) is 9.54. The first-order valence-corrected chi connectivity index (χ1v) is 11.3. The van der Waals surface area contributed by atoms with Crippen molar-refractivity contribution in [3.05, 3.63) is 53.6 Å². The molecule has 2 aliphatic heterocycles. The molecule has 1 amide bonds. The highest BCUT2D eigenvalue weighted by Gasteiger charge is 2.37. The first-order valence-electron chi connectivity index (χ1n) is 10.5. The van der Waals surface area contributed by atoms with Crippen LogP contribution in [0, 0.1) is 0 Å². The van der Waals surface area contributed by atoms with Crippen LogP contribution >= 0.6 is 11.8 Å². The maximum atomic E-state index is 14.2. The molecule has 0 radical (unpaired) electrons. The van der Waals surface area contributed by atoms with Crippen LogP contribution in [0.1, 0.15) is 62.2 Å². The molecule has 2 heterocycles. The number of anilines is 2. The Morgan fingerprint density at radius 2 is 2.10 bits per heavy atom. The molecule has 4 rings (SSSR count). The van der Waals surface area contributed by atoms with Gasteiger partial charge in [-0.1, -0.05) is 30.8 Å². The van der Waals surface area contributed by atoms with Gasteiger partial charge < -0.3 is 16.0 Å². The molecule has 7 heteroatoms. The third-order valence-electron chi connectivity index (χ3n) is 5.78. The van der Waals surface area contributed by atoms with Crippen LogP contribution in [0.2, 0.25) is 0 Å². The van der Waals surface area contributed by atoms with Crippen molar-refractivity contribution in [2.45, 2.75) is 61.3 Å². The van der Waals surface area contributed by atoms with Crippen molar-refractivity contribution >= 4 is 29.0 Å². The van der Waals surface area contributed by atoms with E-state index >= 15 is 0 Å². The van der Waals surface area contributed by atoms with Crippen LogP contribution in [-0.4, -0.2) is 22.6 Å². The van der Waals surface area contributed by atoms with Crippen LogP contribution < -0.4 is 11.1 Å². The van der Waals surface area contributed by atoms with E-state index < -0.39 is 5.25 Å². The number of nitrogens with two attached hydrogens (primary N) is 1. The van der Waals surface area contributed by atoms with E-state index in [1.165, 1.54) is 0 Å². The number of nitrogens with one attached hydrogen (secondary N) is 1. The highest BCUT2D eigenvalue weighted by atomic mass is 32.2. The standard InChI is InChI=1S/C23H27F2N3OS/c1-2-10-23(24,25)30-17-8-9-19-18(13-17)21(28-11-4-7-22(28)29)14-20(27-19)15-5-3-6-16(26)12-15/h3,5-6,8-9,12-13,20-21,27H,2,4,7,10-11,14,26H2,1H3. The van der Waals surface area contributed by atoms with Gasteiger partial charge in [0, 0.05) is 35.7 Å². The van der Waals surface area contributed by atoms with Crippen molar-refractivity contribution in [1.82, 2.24) is 4.90 Å². The smallest absolute Gasteiger partial charge is 0.298 e. The Kier molecular flexibility index (Phi) is 5.91. The molecule has 1 fully saturated rings. The number of hydrogen-bond donors (Lipinski definition) is 2. The fourth-order valence-electron chi connectivity index (χ4n) is 4.41. The molecule has 2 aliphatic rings. The van der Waals surface area contributed by atoms with Crippen molar-refractivity contribution < 1.29 is 13.6 Å². The number of nitrogen functional groups attached to an aromatic ring is 1. The zero-order valence-corrected chi connectivity index (χ0v) is 17.9. The largest absolute Gasteiger partial charge is 0.399 e. The van der Waals surface area contributed by atoms with E-state index in [0.29, 0.717) is 48.2 Å². The number of halogens is 2. The van der Waals surface area contributed by atoms with Gasteiger partial charge in [0.25, 0.3) is 5.25 Å². The van der Waals surface area contributed by atoms with Gasteiger partial charge in [-0.2, -0.15) is 8.78 Å². The Bertz CT molecular complexity index is 936. The van der Waals surface area contributed by atoms with E-state index in [-0.39, 0.29) is 24.4 Å². The highest BCUT2D eigenvalue weighted by molar-refractivity contribution is 8.00. The highest BCUT2D eigenvalue weighted by Crippen LogP contribution is 2.47. The zero-order chi connectivity index (χ0) is 21.3. The van der Waals surface area contributed by atoms with Crippen LogP contribution in [0.15, 0.2) is 47.4 Å². The monoisotopic (exact) mass is 431 g/mol. The molecule has 160 valence electrons. The molecule has 0 saturated carbocycles. The van der Waals surface area contributed by atoms with Crippen LogP contribution in [0.25, 0.3) is 0 Å². The molecular weight excluding hydrogens is 404 g/mol. The number of carbonyl (C=O) groups is 1. The fourth-order valence-corrected chi connectivity index (χ4v) is 5.38. The Morgan fingerprint density at radius 3 is 2.80 bits per heavy atom. The summed E-state index contributed by atoms with van der Waals surface area (Å²) in [5.74, 6) is 0.133. The minimum absolute atomic E-state index is 0.000523. The number of alkyl halides is 2. The van der Waals surface area contributed by atoms with Gasteiger partial charge in [0.05, 0.1) is 12.1 Å². The molecule has 0 aromatic heterocycles. The lowest BCUT2D eigenvalue weighted by molar-refractivity contribution is -0.130. The summed E-state index contributed by atoms with van der Waals surface area (Å²) in [6.07, 6.45) is 2.34. The Labute approximate surface area is 180 Å². The maximum Gasteiger partial charge on any atom is 0.298 e. The number of thioether (sulfide) groups is 1. The van der Waals surface area contributed by atoms with Crippen molar-refractivity contribution in [3.8, 4) is 0 Å². The van der Waals surface area contributed by atoms with E-state index in [4.69, 9.17) is 5.73 Å². The van der Waals surface area contributed by atoms with Gasteiger partial charge in [-0.3, -0.25) is 4.79 Å².